The monoisotopic (exact) mass is 516 g/mol. The minimum Gasteiger partial charge on any atom is -0.287 e. The van der Waals surface area contributed by atoms with Crippen LogP contribution in [0.4, 0.5) is 24.5 Å². The number of benzene rings is 2. The highest BCUT2D eigenvalue weighted by molar-refractivity contribution is 6.23. The molecule has 0 N–H and O–H groups in total. The predicted octanol–water partition coefficient (Wildman–Crippen LogP) is 4.76. The molecule has 196 valence electrons. The molecule has 2 heterocycles. The summed E-state index contributed by atoms with van der Waals surface area (Å²) in [7, 11) is 0. The molecular weight excluding hydrogens is 489 g/mol. The number of anilines is 2. The zero-order valence-corrected chi connectivity index (χ0v) is 20.6. The lowest BCUT2D eigenvalue weighted by molar-refractivity contribution is -0.330. The van der Waals surface area contributed by atoms with Crippen LogP contribution in [0.15, 0.2) is 48.5 Å². The molecule has 4 amide bonds. The van der Waals surface area contributed by atoms with Gasteiger partial charge in [-0.25, -0.2) is 0 Å². The average molecular weight is 517 g/mol. The molecule has 0 spiro atoms. The Morgan fingerprint density at radius 1 is 0.703 bits per heavy atom. The summed E-state index contributed by atoms with van der Waals surface area (Å²) in [5.41, 5.74) is 2.00. The summed E-state index contributed by atoms with van der Waals surface area (Å²) in [6.45, 7) is 4.56. The van der Waals surface area contributed by atoms with Gasteiger partial charge in [-0.1, -0.05) is 43.7 Å². The fourth-order valence-corrected chi connectivity index (χ4v) is 4.94. The average Bonchev–Trinajstić information content (AvgIpc) is 3.19. The quantitative estimate of drug-likeness (QED) is 0.496. The van der Waals surface area contributed by atoms with Gasteiger partial charge in [0.1, 0.15) is 0 Å². The van der Waals surface area contributed by atoms with Gasteiger partial charge in [-0.15, -0.1) is 13.2 Å². The fourth-order valence-electron chi connectivity index (χ4n) is 4.94. The van der Waals surface area contributed by atoms with Crippen molar-refractivity contribution in [2.45, 2.75) is 46.6 Å². The molecule has 0 bridgehead atoms. The number of imide groups is 2. The highest BCUT2D eigenvalue weighted by Gasteiger charge is 2.49. The molecule has 0 radical (unpaired) electrons. The van der Waals surface area contributed by atoms with Gasteiger partial charge in [-0.2, -0.15) is 0 Å². The number of carbonyl (C=O) groups excluding carboxylic acids is 4. The molecule has 2 aliphatic heterocycles. The van der Waals surface area contributed by atoms with Gasteiger partial charge in [0.2, 0.25) is 23.6 Å². The van der Waals surface area contributed by atoms with E-state index < -0.39 is 48.5 Å². The molecule has 4 rings (SSSR count). The van der Waals surface area contributed by atoms with Gasteiger partial charge in [-0.3, -0.25) is 33.7 Å². The first-order valence-electron chi connectivity index (χ1n) is 12.0. The number of carbonyl (C=O) groups is 4. The van der Waals surface area contributed by atoms with Crippen molar-refractivity contribution >= 4 is 35.0 Å². The third kappa shape index (κ3) is 5.29. The van der Waals surface area contributed by atoms with Gasteiger partial charge in [0.05, 0.1) is 29.8 Å². The van der Waals surface area contributed by atoms with Crippen molar-refractivity contribution in [3.05, 3.63) is 59.7 Å². The normalized spacial score (nSPS) is 24.5. The van der Waals surface area contributed by atoms with Gasteiger partial charge >= 0.3 is 6.36 Å². The topological polar surface area (TPSA) is 84.0 Å². The van der Waals surface area contributed by atoms with E-state index in [1.165, 1.54) is 29.2 Å². The Hall–Kier alpha value is -3.53. The van der Waals surface area contributed by atoms with E-state index in [0.29, 0.717) is 5.69 Å². The number of halogens is 3. The SMILES string of the molecule is Cc1ccc(N2C(=O)C(C)C(CCC3C(=O)N(c4ccc(COC(F)(F)F)cc4)C(=O)C3C)C2=O)cc1. The Bertz CT molecular complexity index is 1210. The molecule has 2 aromatic carbocycles. The molecule has 2 saturated heterocycles. The number of ether oxygens (including phenoxy) is 1. The maximum atomic E-state index is 13.2. The van der Waals surface area contributed by atoms with Crippen molar-refractivity contribution in [1.82, 2.24) is 0 Å². The second-order valence-corrected chi connectivity index (χ2v) is 9.63. The van der Waals surface area contributed by atoms with Crippen LogP contribution in [0.2, 0.25) is 0 Å². The highest BCUT2D eigenvalue weighted by Crippen LogP contribution is 2.38. The van der Waals surface area contributed by atoms with Crippen molar-refractivity contribution in [3.63, 3.8) is 0 Å². The highest BCUT2D eigenvalue weighted by atomic mass is 19.4. The Morgan fingerprint density at radius 2 is 1.11 bits per heavy atom. The number of hydrogen-bond donors (Lipinski definition) is 0. The first kappa shape index (κ1) is 26.5. The third-order valence-corrected chi connectivity index (χ3v) is 7.18. The molecule has 0 aliphatic carbocycles. The van der Waals surface area contributed by atoms with Crippen LogP contribution in [0.5, 0.6) is 0 Å². The summed E-state index contributed by atoms with van der Waals surface area (Å²) in [6, 6.07) is 12.6. The van der Waals surface area contributed by atoms with Crippen molar-refractivity contribution in [2.24, 2.45) is 23.7 Å². The maximum Gasteiger partial charge on any atom is 0.522 e. The molecule has 4 unspecified atom stereocenters. The molecular formula is C27H27F3N2O5. The zero-order chi connectivity index (χ0) is 27.1. The molecule has 2 aliphatic rings. The van der Waals surface area contributed by atoms with Gasteiger partial charge in [-0.05, 0) is 49.6 Å². The van der Waals surface area contributed by atoms with Crippen LogP contribution in [0.3, 0.4) is 0 Å². The van der Waals surface area contributed by atoms with Gasteiger partial charge in [0.25, 0.3) is 0 Å². The van der Waals surface area contributed by atoms with E-state index in [1.807, 2.05) is 19.1 Å². The van der Waals surface area contributed by atoms with Gasteiger partial charge in [0, 0.05) is 11.8 Å². The van der Waals surface area contributed by atoms with Crippen LogP contribution in [0, 0.1) is 30.6 Å². The molecule has 0 aromatic heterocycles. The molecule has 2 fully saturated rings. The first-order chi connectivity index (χ1) is 17.4. The number of alkyl halides is 3. The summed E-state index contributed by atoms with van der Waals surface area (Å²) in [5.74, 6) is -3.95. The van der Waals surface area contributed by atoms with Crippen LogP contribution in [-0.4, -0.2) is 30.0 Å². The van der Waals surface area contributed by atoms with Crippen LogP contribution < -0.4 is 9.80 Å². The van der Waals surface area contributed by atoms with Crippen LogP contribution in [0.25, 0.3) is 0 Å². The van der Waals surface area contributed by atoms with Crippen molar-refractivity contribution in [2.75, 3.05) is 9.80 Å². The minimum atomic E-state index is -4.76. The van der Waals surface area contributed by atoms with E-state index in [2.05, 4.69) is 4.74 Å². The lowest BCUT2D eigenvalue weighted by atomic mass is 9.85. The first-order valence-corrected chi connectivity index (χ1v) is 12.0. The summed E-state index contributed by atoms with van der Waals surface area (Å²) in [4.78, 5) is 54.3. The van der Waals surface area contributed by atoms with E-state index in [0.717, 1.165) is 10.5 Å². The number of rotatable bonds is 7. The number of hydrogen-bond acceptors (Lipinski definition) is 5. The molecule has 4 atom stereocenters. The van der Waals surface area contributed by atoms with E-state index in [4.69, 9.17) is 0 Å². The Labute approximate surface area is 212 Å². The molecule has 2 aromatic rings. The summed E-state index contributed by atoms with van der Waals surface area (Å²) >= 11 is 0. The molecule has 37 heavy (non-hydrogen) atoms. The van der Waals surface area contributed by atoms with Gasteiger partial charge in [0.15, 0.2) is 0 Å². The summed E-state index contributed by atoms with van der Waals surface area (Å²) in [5, 5.41) is 0. The lowest BCUT2D eigenvalue weighted by Crippen LogP contribution is -2.31. The summed E-state index contributed by atoms with van der Waals surface area (Å²) in [6.07, 6.45) is -4.25. The standard InChI is InChI=1S/C27H27F3N2O5/c1-15-4-8-19(9-5-15)31-23(33)16(2)21(25(31)35)12-13-22-17(3)24(34)32(26(22)36)20-10-6-18(7-11-20)14-37-27(28,29)30/h4-11,16-17,21-22H,12-14H2,1-3H3. The lowest BCUT2D eigenvalue weighted by Gasteiger charge is -2.17. The number of nitrogens with zero attached hydrogens (tertiary/aromatic N) is 2. The van der Waals surface area contributed by atoms with E-state index >= 15 is 0 Å². The fraction of sp³-hybridized carbons (Fsp3) is 0.407. The van der Waals surface area contributed by atoms with Crippen molar-refractivity contribution < 1.29 is 37.1 Å². The third-order valence-electron chi connectivity index (χ3n) is 7.18. The van der Waals surface area contributed by atoms with Crippen LogP contribution >= 0.6 is 0 Å². The van der Waals surface area contributed by atoms with Crippen molar-refractivity contribution in [3.8, 4) is 0 Å². The van der Waals surface area contributed by atoms with Gasteiger partial charge < -0.3 is 0 Å². The Morgan fingerprint density at radius 3 is 1.51 bits per heavy atom. The zero-order valence-electron chi connectivity index (χ0n) is 20.6. The predicted molar refractivity (Wildman–Crippen MR) is 128 cm³/mol. The summed E-state index contributed by atoms with van der Waals surface area (Å²) < 4.78 is 40.6. The van der Waals surface area contributed by atoms with E-state index in [-0.39, 0.29) is 35.9 Å². The number of amides is 4. The van der Waals surface area contributed by atoms with E-state index in [9.17, 15) is 32.3 Å². The molecule has 0 saturated carbocycles. The van der Waals surface area contributed by atoms with E-state index in [1.54, 1.807) is 26.0 Å². The van der Waals surface area contributed by atoms with Crippen LogP contribution in [0.1, 0.15) is 37.8 Å². The van der Waals surface area contributed by atoms with Crippen molar-refractivity contribution in [1.29, 1.82) is 0 Å². The Balaban J connectivity index is 1.43. The maximum absolute atomic E-state index is 13.2. The smallest absolute Gasteiger partial charge is 0.287 e. The number of aryl methyl sites for hydroxylation is 1. The Kier molecular flexibility index (Phi) is 7.23. The minimum absolute atomic E-state index is 0.237. The largest absolute Gasteiger partial charge is 0.522 e. The molecule has 10 heteroatoms. The molecule has 7 nitrogen and oxygen atoms in total. The van der Waals surface area contributed by atoms with Crippen LogP contribution in [-0.2, 0) is 30.5 Å². The second-order valence-electron chi connectivity index (χ2n) is 9.63. The second kappa shape index (κ2) is 10.1.